The fourth-order valence-corrected chi connectivity index (χ4v) is 4.90. The summed E-state index contributed by atoms with van der Waals surface area (Å²) in [4.78, 5) is 34.1. The highest BCUT2D eigenvalue weighted by atomic mass is 32.1. The Kier molecular flexibility index (Phi) is 5.64. The SMILES string of the molecule is Cc1nc(Cn2nc3n(c2=O)CCC(NC(=O)c2nc(C(C)C)cs2)CC3)cs1. The van der Waals surface area contributed by atoms with Gasteiger partial charge in [-0.15, -0.1) is 22.7 Å². The molecule has 0 fully saturated rings. The van der Waals surface area contributed by atoms with Crippen LogP contribution in [0.15, 0.2) is 15.6 Å². The largest absolute Gasteiger partial charge is 0.347 e. The summed E-state index contributed by atoms with van der Waals surface area (Å²) in [5.41, 5.74) is 1.69. The Morgan fingerprint density at radius 2 is 2.10 bits per heavy atom. The second-order valence-corrected chi connectivity index (χ2v) is 9.52. The maximum Gasteiger partial charge on any atom is 0.346 e. The molecule has 4 heterocycles. The van der Waals surface area contributed by atoms with Crippen LogP contribution in [0.1, 0.15) is 64.6 Å². The Hall–Kier alpha value is -2.33. The van der Waals surface area contributed by atoms with Crippen molar-refractivity contribution in [2.45, 2.75) is 65.1 Å². The van der Waals surface area contributed by atoms with Gasteiger partial charge in [-0.3, -0.25) is 9.36 Å². The Labute approximate surface area is 176 Å². The van der Waals surface area contributed by atoms with Gasteiger partial charge in [-0.1, -0.05) is 13.8 Å². The van der Waals surface area contributed by atoms with Gasteiger partial charge in [0, 0.05) is 29.8 Å². The zero-order valence-corrected chi connectivity index (χ0v) is 18.3. The Balaban J connectivity index is 1.40. The summed E-state index contributed by atoms with van der Waals surface area (Å²) < 4.78 is 3.22. The van der Waals surface area contributed by atoms with Crippen molar-refractivity contribution < 1.29 is 4.79 Å². The lowest BCUT2D eigenvalue weighted by atomic mass is 10.1. The van der Waals surface area contributed by atoms with Crippen molar-refractivity contribution >= 4 is 28.6 Å². The quantitative estimate of drug-likeness (QED) is 0.669. The van der Waals surface area contributed by atoms with Gasteiger partial charge in [-0.25, -0.2) is 19.4 Å². The van der Waals surface area contributed by atoms with Crippen LogP contribution in [0, 0.1) is 6.92 Å². The predicted octanol–water partition coefficient (Wildman–Crippen LogP) is 2.57. The van der Waals surface area contributed by atoms with E-state index in [1.54, 1.807) is 15.9 Å². The van der Waals surface area contributed by atoms with Crippen LogP contribution in [0.3, 0.4) is 0 Å². The van der Waals surface area contributed by atoms with Crippen molar-refractivity contribution in [1.82, 2.24) is 29.6 Å². The number of nitrogens with zero attached hydrogens (tertiary/aromatic N) is 5. The summed E-state index contributed by atoms with van der Waals surface area (Å²) in [5.74, 6) is 0.941. The molecule has 10 heteroatoms. The topological polar surface area (TPSA) is 94.7 Å². The number of aryl methyl sites for hydroxylation is 2. The van der Waals surface area contributed by atoms with Crippen LogP contribution in [0.25, 0.3) is 0 Å². The van der Waals surface area contributed by atoms with Gasteiger partial charge in [-0.2, -0.15) is 5.10 Å². The molecule has 1 amide bonds. The lowest BCUT2D eigenvalue weighted by molar-refractivity contribution is 0.0932. The molecule has 154 valence electrons. The van der Waals surface area contributed by atoms with Crippen molar-refractivity contribution in [3.8, 4) is 0 Å². The third kappa shape index (κ3) is 4.32. The molecule has 0 radical (unpaired) electrons. The number of aromatic nitrogens is 5. The van der Waals surface area contributed by atoms with Crippen LogP contribution >= 0.6 is 22.7 Å². The average Bonchev–Trinajstić information content (AvgIpc) is 3.36. The van der Waals surface area contributed by atoms with Gasteiger partial charge in [0.05, 0.1) is 22.9 Å². The van der Waals surface area contributed by atoms with Crippen LogP contribution in [-0.2, 0) is 19.5 Å². The molecule has 0 aromatic carbocycles. The van der Waals surface area contributed by atoms with Gasteiger partial charge < -0.3 is 5.32 Å². The first-order valence-corrected chi connectivity index (χ1v) is 11.5. The van der Waals surface area contributed by atoms with Crippen LogP contribution < -0.4 is 11.0 Å². The molecule has 1 aliphatic heterocycles. The van der Waals surface area contributed by atoms with Gasteiger partial charge in [0.2, 0.25) is 0 Å². The number of carbonyl (C=O) groups excluding carboxylic acids is 1. The fourth-order valence-electron chi connectivity index (χ4n) is 3.41. The molecule has 1 aliphatic rings. The molecule has 29 heavy (non-hydrogen) atoms. The second-order valence-electron chi connectivity index (χ2n) is 7.60. The molecule has 0 saturated heterocycles. The maximum atomic E-state index is 12.7. The predicted molar refractivity (Wildman–Crippen MR) is 113 cm³/mol. The van der Waals surface area contributed by atoms with Crippen molar-refractivity contribution in [1.29, 1.82) is 0 Å². The Morgan fingerprint density at radius 3 is 2.79 bits per heavy atom. The number of amides is 1. The van der Waals surface area contributed by atoms with E-state index >= 15 is 0 Å². The van der Waals surface area contributed by atoms with E-state index in [9.17, 15) is 9.59 Å². The Bertz CT molecular complexity index is 1080. The highest BCUT2D eigenvalue weighted by molar-refractivity contribution is 7.11. The summed E-state index contributed by atoms with van der Waals surface area (Å²) in [5, 5.41) is 13.0. The molecule has 3 aromatic heterocycles. The summed E-state index contributed by atoms with van der Waals surface area (Å²) in [6.45, 7) is 7.01. The van der Waals surface area contributed by atoms with Crippen LogP contribution in [0.4, 0.5) is 0 Å². The van der Waals surface area contributed by atoms with Crippen molar-refractivity contribution in [3.63, 3.8) is 0 Å². The molecule has 0 spiro atoms. The zero-order valence-electron chi connectivity index (χ0n) is 16.7. The number of fused-ring (bicyclic) bond motifs is 1. The smallest absolute Gasteiger partial charge is 0.346 e. The summed E-state index contributed by atoms with van der Waals surface area (Å²) in [6, 6.07) is 0.00430. The third-order valence-corrected chi connectivity index (χ3v) is 6.72. The first kappa shape index (κ1) is 20.0. The lowest BCUT2D eigenvalue weighted by Gasteiger charge is -2.15. The number of thiazole rings is 2. The van der Waals surface area contributed by atoms with Crippen LogP contribution in [-0.4, -0.2) is 36.3 Å². The maximum absolute atomic E-state index is 12.7. The highest BCUT2D eigenvalue weighted by Crippen LogP contribution is 2.19. The standard InChI is InChI=1S/C19H24N6O2S2/c1-11(2)15-10-29-18(22-15)17(26)21-13-4-5-16-23-25(19(27)24(16)7-6-13)8-14-9-28-12(3)20-14/h9-11,13H,4-8H2,1-3H3,(H,21,26). The Morgan fingerprint density at radius 1 is 1.28 bits per heavy atom. The van der Waals surface area contributed by atoms with Crippen molar-refractivity contribution in [2.75, 3.05) is 0 Å². The van der Waals surface area contributed by atoms with Crippen molar-refractivity contribution in [3.05, 3.63) is 48.5 Å². The first-order valence-electron chi connectivity index (χ1n) is 9.74. The minimum absolute atomic E-state index is 0.00430. The molecular formula is C19H24N6O2S2. The normalized spacial score (nSPS) is 16.6. The van der Waals surface area contributed by atoms with Gasteiger partial charge in [0.1, 0.15) is 5.82 Å². The molecule has 0 aliphatic carbocycles. The first-order chi connectivity index (χ1) is 13.9. The number of nitrogens with one attached hydrogen (secondary N) is 1. The minimum atomic E-state index is -0.136. The lowest BCUT2D eigenvalue weighted by Crippen LogP contribution is -2.35. The summed E-state index contributed by atoms with van der Waals surface area (Å²) in [7, 11) is 0. The molecule has 0 bridgehead atoms. The fraction of sp³-hybridized carbons (Fsp3) is 0.526. The molecule has 1 unspecified atom stereocenters. The van der Waals surface area contributed by atoms with E-state index in [0.717, 1.165) is 28.6 Å². The molecule has 1 N–H and O–H groups in total. The molecular weight excluding hydrogens is 408 g/mol. The average molecular weight is 433 g/mol. The van der Waals surface area contributed by atoms with E-state index in [0.29, 0.717) is 36.9 Å². The summed E-state index contributed by atoms with van der Waals surface area (Å²) >= 11 is 2.95. The molecule has 8 nitrogen and oxygen atoms in total. The number of carbonyl (C=O) groups is 1. The zero-order chi connectivity index (χ0) is 20.5. The highest BCUT2D eigenvalue weighted by Gasteiger charge is 2.23. The summed E-state index contributed by atoms with van der Waals surface area (Å²) in [6.07, 6.45) is 2.10. The molecule has 3 aromatic rings. The van der Waals surface area contributed by atoms with Gasteiger partial charge in [0.25, 0.3) is 5.91 Å². The minimum Gasteiger partial charge on any atom is -0.347 e. The monoisotopic (exact) mass is 432 g/mol. The third-order valence-electron chi connectivity index (χ3n) is 5.04. The number of rotatable bonds is 5. The van der Waals surface area contributed by atoms with Gasteiger partial charge in [-0.05, 0) is 25.7 Å². The number of hydrogen-bond donors (Lipinski definition) is 1. The van der Waals surface area contributed by atoms with Crippen LogP contribution in [0.2, 0.25) is 0 Å². The van der Waals surface area contributed by atoms with Gasteiger partial charge in [0.15, 0.2) is 5.01 Å². The van der Waals surface area contributed by atoms with E-state index < -0.39 is 0 Å². The molecule has 1 atom stereocenters. The second kappa shape index (κ2) is 8.19. The van der Waals surface area contributed by atoms with Crippen LogP contribution in [0.5, 0.6) is 0 Å². The van der Waals surface area contributed by atoms with E-state index in [1.807, 2.05) is 17.7 Å². The molecule has 4 rings (SSSR count). The van der Waals surface area contributed by atoms with Gasteiger partial charge >= 0.3 is 5.69 Å². The van der Waals surface area contributed by atoms with E-state index in [1.165, 1.54) is 16.0 Å². The molecule has 0 saturated carbocycles. The number of hydrogen-bond acceptors (Lipinski definition) is 7. The van der Waals surface area contributed by atoms with E-state index in [-0.39, 0.29) is 17.6 Å². The van der Waals surface area contributed by atoms with E-state index in [4.69, 9.17) is 0 Å². The van der Waals surface area contributed by atoms with E-state index in [2.05, 4.69) is 34.2 Å². The van der Waals surface area contributed by atoms with Crippen molar-refractivity contribution in [2.24, 2.45) is 0 Å².